The predicted molar refractivity (Wildman–Crippen MR) is 92.0 cm³/mol. The van der Waals surface area contributed by atoms with Gasteiger partial charge in [0.1, 0.15) is 0 Å². The molecule has 0 unspecified atom stereocenters. The van der Waals surface area contributed by atoms with Gasteiger partial charge in [-0.25, -0.2) is 0 Å². The van der Waals surface area contributed by atoms with E-state index in [4.69, 9.17) is 0 Å². The first kappa shape index (κ1) is 23.1. The Hall–Kier alpha value is -2.02. The lowest BCUT2D eigenvalue weighted by Crippen LogP contribution is -2.66. The quantitative estimate of drug-likeness (QED) is 0.597. The number of halogens is 9. The maximum absolute atomic E-state index is 14.9. The molecule has 1 aromatic rings. The van der Waals surface area contributed by atoms with Crippen LogP contribution in [0.3, 0.4) is 0 Å². The van der Waals surface area contributed by atoms with Crippen LogP contribution in [0, 0.1) is 6.92 Å². The van der Waals surface area contributed by atoms with Gasteiger partial charge >= 0.3 is 35.6 Å². The van der Waals surface area contributed by atoms with Crippen LogP contribution in [-0.2, 0) is 9.53 Å². The second kappa shape index (κ2) is 6.52. The first-order chi connectivity index (χ1) is 14.5. The molecule has 1 aromatic carbocycles. The highest BCUT2D eigenvalue weighted by Gasteiger charge is 2.96. The van der Waals surface area contributed by atoms with E-state index in [9.17, 15) is 44.3 Å². The van der Waals surface area contributed by atoms with Gasteiger partial charge in [-0.1, -0.05) is 17.7 Å². The fourth-order valence-electron chi connectivity index (χ4n) is 4.59. The topological polar surface area (TPSA) is 32.8 Å². The number of likely N-dealkylation sites (tertiary alicyclic amines) is 1. The average molecular weight is 476 g/mol. The molecule has 0 aromatic heterocycles. The number of alkyl halides is 9. The molecule has 0 bridgehead atoms. The Kier molecular flexibility index (Phi) is 4.72. The Balaban J connectivity index is 1.80. The van der Waals surface area contributed by atoms with Crippen molar-refractivity contribution in [1.82, 2.24) is 4.90 Å². The molecule has 178 valence electrons. The van der Waals surface area contributed by atoms with Crippen molar-refractivity contribution < 1.29 is 49.0 Å². The van der Waals surface area contributed by atoms with Crippen molar-refractivity contribution in [3.05, 3.63) is 29.3 Å². The number of carbonyl (C=O) groups excluding carboxylic acids is 1. The smallest absolute Gasteiger partial charge is 0.306 e. The van der Waals surface area contributed by atoms with Crippen LogP contribution >= 0.6 is 0 Å². The van der Waals surface area contributed by atoms with Gasteiger partial charge in [0, 0.05) is 24.2 Å². The molecule has 32 heavy (non-hydrogen) atoms. The summed E-state index contributed by atoms with van der Waals surface area (Å²) in [5, 5.41) is 0. The van der Waals surface area contributed by atoms with Gasteiger partial charge in [-0.15, -0.1) is 0 Å². The highest BCUT2D eigenvalue weighted by Crippen LogP contribution is 2.65. The zero-order valence-electron chi connectivity index (χ0n) is 16.6. The third-order valence-corrected chi connectivity index (χ3v) is 6.28. The standard InChI is InChI=1S/C19H17F9N2O2/c1-9-3-4-12-10(7-9)11-8-29(2)6-5-13(11)30(12)14(31)15(20,21)18(26)16(22,23)17(24,25)19(27,28)32-18/h3-4,7,11,13H,5-6,8H2,1-2H3/t11-,13-,18+/m0/s1. The number of hydrogen-bond acceptors (Lipinski definition) is 3. The van der Waals surface area contributed by atoms with Gasteiger partial charge in [0.15, 0.2) is 0 Å². The van der Waals surface area contributed by atoms with Crippen LogP contribution in [0.5, 0.6) is 0 Å². The summed E-state index contributed by atoms with van der Waals surface area (Å²) < 4.78 is 129. The molecule has 4 nitrogen and oxygen atoms in total. The Bertz CT molecular complexity index is 970. The van der Waals surface area contributed by atoms with E-state index in [1.54, 1.807) is 20.0 Å². The third kappa shape index (κ3) is 2.63. The van der Waals surface area contributed by atoms with Crippen LogP contribution in [0.2, 0.25) is 0 Å². The van der Waals surface area contributed by atoms with Crippen LogP contribution < -0.4 is 4.90 Å². The largest absolute Gasteiger partial charge is 0.428 e. The summed E-state index contributed by atoms with van der Waals surface area (Å²) in [6.07, 6.45) is -6.20. The number of carbonyl (C=O) groups is 1. The predicted octanol–water partition coefficient (Wildman–Crippen LogP) is 4.32. The molecule has 2 saturated heterocycles. The van der Waals surface area contributed by atoms with Crippen molar-refractivity contribution in [2.24, 2.45) is 0 Å². The number of likely N-dealkylation sites (N-methyl/N-ethyl adjacent to an activating group) is 1. The molecule has 3 aliphatic heterocycles. The lowest BCUT2D eigenvalue weighted by atomic mass is 9.88. The maximum atomic E-state index is 14.9. The Morgan fingerprint density at radius 1 is 1.09 bits per heavy atom. The molecule has 3 aliphatic rings. The molecule has 3 atom stereocenters. The van der Waals surface area contributed by atoms with Gasteiger partial charge in [0.05, 0.1) is 0 Å². The van der Waals surface area contributed by atoms with E-state index < -0.39 is 47.6 Å². The van der Waals surface area contributed by atoms with Gasteiger partial charge < -0.3 is 9.80 Å². The SMILES string of the molecule is Cc1ccc2c(c1)[C@@H]1CN(C)CC[C@@H]1N2C(=O)C(F)(F)[C@@]1(F)OC(F)(F)C(F)(F)C1(F)F. The summed E-state index contributed by atoms with van der Waals surface area (Å²) in [5.41, 5.74) is 0.922. The third-order valence-electron chi connectivity index (χ3n) is 6.28. The zero-order chi connectivity index (χ0) is 24.1. The summed E-state index contributed by atoms with van der Waals surface area (Å²) in [7, 11) is 1.72. The number of nitrogens with zero attached hydrogens (tertiary/aromatic N) is 2. The van der Waals surface area contributed by atoms with Crippen LogP contribution in [0.25, 0.3) is 0 Å². The van der Waals surface area contributed by atoms with E-state index in [2.05, 4.69) is 4.74 Å². The second-order valence-electron chi connectivity index (χ2n) is 8.40. The Labute approximate surface area is 175 Å². The van der Waals surface area contributed by atoms with Gasteiger partial charge in [0.2, 0.25) is 0 Å². The van der Waals surface area contributed by atoms with Gasteiger partial charge in [-0.2, -0.15) is 39.5 Å². The molecule has 0 N–H and O–H groups in total. The monoisotopic (exact) mass is 476 g/mol. The van der Waals surface area contributed by atoms with Crippen LogP contribution in [0.1, 0.15) is 23.5 Å². The lowest BCUT2D eigenvalue weighted by Gasteiger charge is -2.39. The number of aryl methyl sites for hydroxylation is 1. The first-order valence-corrected chi connectivity index (χ1v) is 9.52. The molecular weight excluding hydrogens is 459 g/mol. The van der Waals surface area contributed by atoms with Gasteiger partial charge in [-0.3, -0.25) is 9.53 Å². The number of fused-ring (bicyclic) bond motifs is 3. The van der Waals surface area contributed by atoms with Crippen molar-refractivity contribution in [3.63, 3.8) is 0 Å². The number of amides is 1. The summed E-state index contributed by atoms with van der Waals surface area (Å²) in [4.78, 5) is 14.9. The second-order valence-corrected chi connectivity index (χ2v) is 8.40. The fourth-order valence-corrected chi connectivity index (χ4v) is 4.59. The van der Waals surface area contributed by atoms with Gasteiger partial charge in [-0.05, 0) is 38.6 Å². The van der Waals surface area contributed by atoms with E-state index in [1.807, 2.05) is 4.90 Å². The van der Waals surface area contributed by atoms with E-state index >= 15 is 0 Å². The minimum atomic E-state index is -6.70. The molecule has 0 aliphatic carbocycles. The van der Waals surface area contributed by atoms with Crippen molar-refractivity contribution in [3.8, 4) is 0 Å². The van der Waals surface area contributed by atoms with E-state index in [-0.39, 0.29) is 18.7 Å². The zero-order valence-corrected chi connectivity index (χ0v) is 16.6. The van der Waals surface area contributed by atoms with E-state index in [0.717, 1.165) is 0 Å². The number of rotatable bonds is 2. The maximum Gasteiger partial charge on any atom is 0.428 e. The van der Waals surface area contributed by atoms with Crippen molar-refractivity contribution >= 4 is 11.6 Å². The Morgan fingerprint density at radius 3 is 2.28 bits per heavy atom. The number of benzene rings is 1. The number of hydrogen-bond donors (Lipinski definition) is 0. The molecule has 3 heterocycles. The number of piperidine rings is 1. The summed E-state index contributed by atoms with van der Waals surface area (Å²) in [5.74, 6) is -28.9. The summed E-state index contributed by atoms with van der Waals surface area (Å²) >= 11 is 0. The number of anilines is 1. The molecular formula is C19H17F9N2O2. The Morgan fingerprint density at radius 2 is 1.72 bits per heavy atom. The molecule has 0 spiro atoms. The van der Waals surface area contributed by atoms with Crippen molar-refractivity contribution in [1.29, 1.82) is 0 Å². The molecule has 0 saturated carbocycles. The minimum Gasteiger partial charge on any atom is -0.306 e. The fraction of sp³-hybridized carbons (Fsp3) is 0.632. The lowest BCUT2D eigenvalue weighted by molar-refractivity contribution is -0.366. The molecule has 4 rings (SSSR count). The average Bonchev–Trinajstić information content (AvgIpc) is 3.03. The van der Waals surface area contributed by atoms with Crippen molar-refractivity contribution in [2.75, 3.05) is 25.0 Å². The number of ether oxygens (including phenoxy) is 1. The van der Waals surface area contributed by atoms with Crippen LogP contribution in [0.4, 0.5) is 45.2 Å². The van der Waals surface area contributed by atoms with Crippen molar-refractivity contribution in [2.45, 2.75) is 55.0 Å². The first-order valence-electron chi connectivity index (χ1n) is 9.52. The molecule has 1 amide bonds. The van der Waals surface area contributed by atoms with Gasteiger partial charge in [0.25, 0.3) is 0 Å². The van der Waals surface area contributed by atoms with E-state index in [1.165, 1.54) is 12.1 Å². The molecule has 0 radical (unpaired) electrons. The molecule has 13 heteroatoms. The molecule has 2 fully saturated rings. The summed E-state index contributed by atoms with van der Waals surface area (Å²) in [6.45, 7) is 2.25. The summed E-state index contributed by atoms with van der Waals surface area (Å²) in [6, 6.07) is 3.19. The highest BCUT2D eigenvalue weighted by molar-refractivity contribution is 6.02. The van der Waals surface area contributed by atoms with E-state index in [0.29, 0.717) is 22.6 Å². The highest BCUT2D eigenvalue weighted by atomic mass is 19.4. The normalized spacial score (nSPS) is 33.2. The minimum absolute atomic E-state index is 0.0690. The van der Waals surface area contributed by atoms with Crippen LogP contribution in [-0.4, -0.2) is 66.7 Å². The van der Waals surface area contributed by atoms with Crippen LogP contribution in [0.15, 0.2) is 18.2 Å².